The first-order chi connectivity index (χ1) is 7.22. The average molecular weight is 204 g/mol. The molecule has 0 bridgehead atoms. The Bertz CT molecular complexity index is 263. The van der Waals surface area contributed by atoms with Gasteiger partial charge in [-0.05, 0) is 38.8 Å². The van der Waals surface area contributed by atoms with E-state index in [0.29, 0.717) is 6.04 Å². The Kier molecular flexibility index (Phi) is 5.23. The minimum Gasteiger partial charge on any atom is -0.383 e. The fourth-order valence-corrected chi connectivity index (χ4v) is 1.63. The highest BCUT2D eigenvalue weighted by molar-refractivity contribution is 5.44. The van der Waals surface area contributed by atoms with Crippen molar-refractivity contribution < 1.29 is 0 Å². The van der Waals surface area contributed by atoms with Crippen LogP contribution in [0, 0.1) is 13.3 Å². The van der Waals surface area contributed by atoms with Crippen LogP contribution in [0.2, 0.25) is 0 Å². The molecule has 1 atom stereocenters. The molecule has 0 aliphatic heterocycles. The summed E-state index contributed by atoms with van der Waals surface area (Å²) in [6, 6.07) is 9.16. The van der Waals surface area contributed by atoms with Crippen molar-refractivity contribution >= 4 is 5.69 Å². The molecule has 1 N–H and O–H groups in total. The van der Waals surface area contributed by atoms with Crippen molar-refractivity contribution in [1.29, 1.82) is 0 Å². The van der Waals surface area contributed by atoms with E-state index >= 15 is 0 Å². The van der Waals surface area contributed by atoms with E-state index in [2.05, 4.69) is 56.8 Å². The van der Waals surface area contributed by atoms with E-state index in [1.807, 2.05) is 0 Å². The third kappa shape index (κ3) is 4.87. The fourth-order valence-electron chi connectivity index (χ4n) is 1.63. The third-order valence-corrected chi connectivity index (χ3v) is 2.59. The van der Waals surface area contributed by atoms with Gasteiger partial charge in [0.05, 0.1) is 0 Å². The second-order valence-electron chi connectivity index (χ2n) is 4.25. The number of hydrogen-bond acceptors (Lipinski definition) is 1. The summed E-state index contributed by atoms with van der Waals surface area (Å²) in [5, 5.41) is 3.51. The molecule has 1 radical (unpaired) electrons. The van der Waals surface area contributed by atoms with Gasteiger partial charge >= 0.3 is 0 Å². The van der Waals surface area contributed by atoms with Gasteiger partial charge in [-0.2, -0.15) is 0 Å². The zero-order valence-electron chi connectivity index (χ0n) is 10.1. The van der Waals surface area contributed by atoms with Crippen LogP contribution in [0.25, 0.3) is 0 Å². The lowest BCUT2D eigenvalue weighted by molar-refractivity contribution is 0.651. The van der Waals surface area contributed by atoms with Gasteiger partial charge < -0.3 is 5.32 Å². The van der Waals surface area contributed by atoms with Gasteiger partial charge in [0.2, 0.25) is 0 Å². The highest BCUT2D eigenvalue weighted by Crippen LogP contribution is 2.12. The van der Waals surface area contributed by atoms with E-state index in [9.17, 15) is 0 Å². The standard InChI is InChI=1S/C14H22N/c1-4-5-6-7-13(3)15-14-10-8-12(2)9-11-14/h4,8-11,13,15H,5-7H2,1-3H3. The first-order valence-electron chi connectivity index (χ1n) is 5.83. The molecule has 0 saturated carbocycles. The van der Waals surface area contributed by atoms with Gasteiger partial charge in [-0.3, -0.25) is 0 Å². The Morgan fingerprint density at radius 1 is 1.27 bits per heavy atom. The van der Waals surface area contributed by atoms with Crippen LogP contribution in [-0.2, 0) is 0 Å². The topological polar surface area (TPSA) is 12.0 Å². The van der Waals surface area contributed by atoms with Crippen molar-refractivity contribution in [2.24, 2.45) is 0 Å². The molecule has 0 amide bonds. The van der Waals surface area contributed by atoms with Crippen LogP contribution in [-0.4, -0.2) is 6.04 Å². The molecule has 1 nitrogen and oxygen atoms in total. The van der Waals surface area contributed by atoms with Gasteiger partial charge in [-0.25, -0.2) is 0 Å². The summed E-state index contributed by atoms with van der Waals surface area (Å²) < 4.78 is 0. The first kappa shape index (κ1) is 12.1. The Labute approximate surface area is 93.9 Å². The minimum atomic E-state index is 0.563. The van der Waals surface area contributed by atoms with Crippen LogP contribution in [0.4, 0.5) is 5.69 Å². The molecular formula is C14H22N. The number of unbranched alkanes of at least 4 members (excludes halogenated alkanes) is 2. The van der Waals surface area contributed by atoms with E-state index in [1.54, 1.807) is 0 Å². The minimum absolute atomic E-state index is 0.563. The molecule has 1 heteroatoms. The molecule has 0 aromatic heterocycles. The molecule has 1 aromatic carbocycles. The van der Waals surface area contributed by atoms with E-state index in [-0.39, 0.29) is 0 Å². The molecule has 1 unspecified atom stereocenters. The monoisotopic (exact) mass is 204 g/mol. The van der Waals surface area contributed by atoms with E-state index in [0.717, 1.165) is 0 Å². The largest absolute Gasteiger partial charge is 0.383 e. The molecule has 1 aromatic rings. The Balaban J connectivity index is 2.31. The lowest BCUT2D eigenvalue weighted by Crippen LogP contribution is -2.14. The summed E-state index contributed by atoms with van der Waals surface area (Å²) in [6.07, 6.45) is 5.97. The summed E-state index contributed by atoms with van der Waals surface area (Å²) in [6.45, 7) is 6.48. The maximum atomic E-state index is 3.51. The van der Waals surface area contributed by atoms with Crippen LogP contribution in [0.3, 0.4) is 0 Å². The molecule has 1 rings (SSSR count). The summed E-state index contributed by atoms with van der Waals surface area (Å²) in [5.41, 5.74) is 2.54. The predicted molar refractivity (Wildman–Crippen MR) is 68.1 cm³/mol. The second-order valence-corrected chi connectivity index (χ2v) is 4.25. The third-order valence-electron chi connectivity index (χ3n) is 2.59. The van der Waals surface area contributed by atoms with Crippen molar-refractivity contribution in [2.75, 3.05) is 5.32 Å². The van der Waals surface area contributed by atoms with Crippen molar-refractivity contribution in [2.45, 2.75) is 46.1 Å². The van der Waals surface area contributed by atoms with Gasteiger partial charge in [0, 0.05) is 11.7 Å². The summed E-state index contributed by atoms with van der Waals surface area (Å²) >= 11 is 0. The summed E-state index contributed by atoms with van der Waals surface area (Å²) in [5.74, 6) is 0. The van der Waals surface area contributed by atoms with Crippen molar-refractivity contribution in [3.8, 4) is 0 Å². The molecule has 15 heavy (non-hydrogen) atoms. The van der Waals surface area contributed by atoms with Gasteiger partial charge in [0.15, 0.2) is 0 Å². The molecule has 0 aliphatic rings. The van der Waals surface area contributed by atoms with E-state index in [4.69, 9.17) is 0 Å². The number of benzene rings is 1. The molecule has 0 heterocycles. The second kappa shape index (κ2) is 6.49. The lowest BCUT2D eigenvalue weighted by atomic mass is 10.1. The van der Waals surface area contributed by atoms with Gasteiger partial charge in [0.25, 0.3) is 0 Å². The van der Waals surface area contributed by atoms with E-state index < -0.39 is 0 Å². The van der Waals surface area contributed by atoms with Crippen molar-refractivity contribution in [3.63, 3.8) is 0 Å². The Morgan fingerprint density at radius 3 is 2.53 bits per heavy atom. The zero-order chi connectivity index (χ0) is 11.1. The average Bonchev–Trinajstić information content (AvgIpc) is 2.22. The van der Waals surface area contributed by atoms with Crippen molar-refractivity contribution in [3.05, 3.63) is 36.2 Å². The number of hydrogen-bond donors (Lipinski definition) is 1. The number of anilines is 1. The zero-order valence-corrected chi connectivity index (χ0v) is 10.1. The SMILES string of the molecule is C[CH]CCCC(C)Nc1ccc(C)cc1. The van der Waals surface area contributed by atoms with Gasteiger partial charge in [0.1, 0.15) is 0 Å². The number of rotatable bonds is 6. The molecule has 0 fully saturated rings. The van der Waals surface area contributed by atoms with Crippen LogP contribution >= 0.6 is 0 Å². The van der Waals surface area contributed by atoms with Crippen LogP contribution in [0.5, 0.6) is 0 Å². The van der Waals surface area contributed by atoms with Crippen LogP contribution in [0.15, 0.2) is 24.3 Å². The Morgan fingerprint density at radius 2 is 1.93 bits per heavy atom. The molecule has 0 spiro atoms. The lowest BCUT2D eigenvalue weighted by Gasteiger charge is -2.15. The fraction of sp³-hybridized carbons (Fsp3) is 0.500. The number of nitrogens with one attached hydrogen (secondary N) is 1. The quantitative estimate of drug-likeness (QED) is 0.685. The summed E-state index contributed by atoms with van der Waals surface area (Å²) in [4.78, 5) is 0. The summed E-state index contributed by atoms with van der Waals surface area (Å²) in [7, 11) is 0. The van der Waals surface area contributed by atoms with Crippen LogP contribution in [0.1, 0.15) is 38.7 Å². The molecular weight excluding hydrogens is 182 g/mol. The van der Waals surface area contributed by atoms with Gasteiger partial charge in [-0.15, -0.1) is 0 Å². The predicted octanol–water partition coefficient (Wildman–Crippen LogP) is 4.19. The maximum absolute atomic E-state index is 3.51. The van der Waals surface area contributed by atoms with Crippen molar-refractivity contribution in [1.82, 2.24) is 0 Å². The molecule has 0 aliphatic carbocycles. The number of aryl methyl sites for hydroxylation is 1. The Hall–Kier alpha value is -0.980. The maximum Gasteiger partial charge on any atom is 0.0342 e. The molecule has 0 saturated heterocycles. The first-order valence-corrected chi connectivity index (χ1v) is 5.83. The normalized spacial score (nSPS) is 12.5. The highest BCUT2D eigenvalue weighted by atomic mass is 14.9. The van der Waals surface area contributed by atoms with E-state index in [1.165, 1.54) is 30.5 Å². The highest BCUT2D eigenvalue weighted by Gasteiger charge is 2.00. The van der Waals surface area contributed by atoms with Gasteiger partial charge in [-0.1, -0.05) is 37.5 Å². The van der Waals surface area contributed by atoms with Crippen LogP contribution < -0.4 is 5.32 Å². The smallest absolute Gasteiger partial charge is 0.0342 e. The molecule has 83 valence electrons.